The molecule has 3 aromatic carbocycles. The summed E-state index contributed by atoms with van der Waals surface area (Å²) in [5.74, 6) is 0. The van der Waals surface area contributed by atoms with Gasteiger partial charge in [0, 0.05) is 33.3 Å². The van der Waals surface area contributed by atoms with Gasteiger partial charge >= 0.3 is 0 Å². The smallest absolute Gasteiger partial charge is 0.186 e. The molecule has 0 bridgehead atoms. The van der Waals surface area contributed by atoms with Gasteiger partial charge in [0.05, 0.1) is 6.04 Å². The van der Waals surface area contributed by atoms with Crippen LogP contribution >= 0.6 is 0 Å². The monoisotopic (exact) mass is 486 g/mol. The van der Waals surface area contributed by atoms with E-state index in [0.717, 1.165) is 32.7 Å². The molecule has 0 saturated carbocycles. The minimum atomic E-state index is -1.55. The highest BCUT2D eigenvalue weighted by Crippen LogP contribution is 2.24. The van der Waals surface area contributed by atoms with Crippen LogP contribution in [0.1, 0.15) is 29.2 Å². The quantitative estimate of drug-likeness (QED) is 0.167. The lowest BCUT2D eigenvalue weighted by Gasteiger charge is -2.33. The van der Waals surface area contributed by atoms with E-state index in [0.29, 0.717) is 0 Å². The van der Waals surface area contributed by atoms with Crippen LogP contribution in [-0.4, -0.2) is 44.9 Å². The molecular weight excluding hydrogens is 444 g/mol. The van der Waals surface area contributed by atoms with Crippen molar-refractivity contribution in [1.29, 1.82) is 0 Å². The van der Waals surface area contributed by atoms with Gasteiger partial charge in [0.15, 0.2) is 8.32 Å². The van der Waals surface area contributed by atoms with Gasteiger partial charge in [-0.25, -0.2) is 0 Å². The van der Waals surface area contributed by atoms with Crippen molar-refractivity contribution in [2.75, 3.05) is 26.7 Å². The Kier molecular flexibility index (Phi) is 11.0. The fourth-order valence-corrected chi connectivity index (χ4v) is 5.71. The molecule has 3 aromatic rings. The van der Waals surface area contributed by atoms with E-state index < -0.39 is 8.32 Å². The van der Waals surface area contributed by atoms with Gasteiger partial charge in [-0.1, -0.05) is 97.1 Å². The van der Waals surface area contributed by atoms with Crippen LogP contribution in [0.15, 0.2) is 104 Å². The average molecular weight is 487 g/mol. The molecule has 0 heterocycles. The molecule has 0 fully saturated rings. The normalized spacial score (nSPS) is 12.7. The molecule has 3 nitrogen and oxygen atoms in total. The van der Waals surface area contributed by atoms with Crippen molar-refractivity contribution in [3.63, 3.8) is 0 Å². The lowest BCUT2D eigenvalue weighted by molar-refractivity contribution is 0.169. The molecule has 186 valence electrons. The van der Waals surface area contributed by atoms with E-state index in [1.807, 2.05) is 7.11 Å². The maximum atomic E-state index is 5.80. The Morgan fingerprint density at radius 3 is 1.86 bits per heavy atom. The topological polar surface area (TPSA) is 15.7 Å². The highest BCUT2D eigenvalue weighted by Gasteiger charge is 2.22. The third-order valence-corrected chi connectivity index (χ3v) is 9.41. The minimum Gasteiger partial charge on any atom is -0.420 e. The molecule has 0 aliphatic carbocycles. The first-order valence-electron chi connectivity index (χ1n) is 12.8. The largest absolute Gasteiger partial charge is 0.420 e. The van der Waals surface area contributed by atoms with Crippen molar-refractivity contribution in [2.24, 2.45) is 0 Å². The van der Waals surface area contributed by atoms with Crippen molar-refractivity contribution in [2.45, 2.75) is 44.7 Å². The number of benzene rings is 3. The van der Waals surface area contributed by atoms with Crippen LogP contribution in [-0.2, 0) is 17.5 Å². The minimum absolute atomic E-state index is 0.176. The molecule has 0 aromatic heterocycles. The summed E-state index contributed by atoms with van der Waals surface area (Å²) in [4.78, 5) is 5.17. The zero-order valence-corrected chi connectivity index (χ0v) is 22.8. The number of rotatable bonds is 15. The summed E-state index contributed by atoms with van der Waals surface area (Å²) in [5, 5.41) is 0. The molecule has 0 radical (unpaired) electrons. The Balaban J connectivity index is 1.75. The van der Waals surface area contributed by atoms with Crippen molar-refractivity contribution < 1.29 is 4.43 Å². The Bertz CT molecular complexity index is 979. The van der Waals surface area contributed by atoms with Gasteiger partial charge in [0.25, 0.3) is 0 Å². The molecular formula is C31H42N2OSi. The highest BCUT2D eigenvalue weighted by molar-refractivity contribution is 6.71. The van der Waals surface area contributed by atoms with Crippen molar-refractivity contribution in [1.82, 2.24) is 9.80 Å². The Morgan fingerprint density at radius 2 is 1.31 bits per heavy atom. The first-order chi connectivity index (χ1) is 17.0. The van der Waals surface area contributed by atoms with Gasteiger partial charge < -0.3 is 4.43 Å². The summed E-state index contributed by atoms with van der Waals surface area (Å²) in [7, 11) is 0.319. The summed E-state index contributed by atoms with van der Waals surface area (Å²) < 4.78 is 5.80. The van der Waals surface area contributed by atoms with Gasteiger partial charge in [-0.15, -0.1) is 6.58 Å². The third-order valence-electron chi connectivity index (χ3n) is 6.74. The van der Waals surface area contributed by atoms with Crippen LogP contribution in [0.2, 0.25) is 19.1 Å². The van der Waals surface area contributed by atoms with E-state index in [2.05, 4.69) is 127 Å². The van der Waals surface area contributed by atoms with Gasteiger partial charge in [-0.05, 0) is 48.8 Å². The second-order valence-corrected chi connectivity index (χ2v) is 14.3. The van der Waals surface area contributed by atoms with Crippen molar-refractivity contribution >= 4 is 8.32 Å². The average Bonchev–Trinajstić information content (AvgIpc) is 2.89. The van der Waals surface area contributed by atoms with E-state index >= 15 is 0 Å². The molecule has 0 aliphatic heterocycles. The summed E-state index contributed by atoms with van der Waals surface area (Å²) >= 11 is 0. The number of nitrogens with zero attached hydrogens (tertiary/aromatic N) is 2. The molecule has 0 aliphatic rings. The second kappa shape index (κ2) is 14.2. The maximum Gasteiger partial charge on any atom is 0.186 e. The van der Waals surface area contributed by atoms with Crippen LogP contribution in [0.5, 0.6) is 0 Å². The molecule has 0 amide bonds. The SMILES string of the molecule is C=CC(c1ccccc1)N(CCN(CCC[Si](C)(C)OC)Cc1ccccc1)Cc1ccccc1. The van der Waals surface area contributed by atoms with E-state index in [9.17, 15) is 0 Å². The van der Waals surface area contributed by atoms with Crippen LogP contribution in [0.3, 0.4) is 0 Å². The van der Waals surface area contributed by atoms with Crippen LogP contribution in [0, 0.1) is 0 Å². The predicted molar refractivity (Wildman–Crippen MR) is 152 cm³/mol. The standard InChI is InChI=1S/C31H42N2OSi/c1-5-31(30-20-13-8-14-21-30)33(27-29-18-11-7-12-19-29)24-23-32(22-15-25-35(3,4)34-2)26-28-16-9-6-10-17-28/h5-14,16-21,31H,1,15,22-27H2,2-4H3. The fraction of sp³-hybridized carbons (Fsp3) is 0.355. The van der Waals surface area contributed by atoms with Gasteiger partial charge in [0.2, 0.25) is 0 Å². The lowest BCUT2D eigenvalue weighted by Crippen LogP contribution is -2.37. The van der Waals surface area contributed by atoms with E-state index in [1.54, 1.807) is 0 Å². The third kappa shape index (κ3) is 9.23. The molecule has 35 heavy (non-hydrogen) atoms. The molecule has 3 rings (SSSR count). The number of hydrogen-bond acceptors (Lipinski definition) is 3. The second-order valence-electron chi connectivity index (χ2n) is 9.88. The summed E-state index contributed by atoms with van der Waals surface area (Å²) in [6.45, 7) is 13.8. The zero-order chi connectivity index (χ0) is 24.9. The fourth-order valence-electron chi connectivity index (χ4n) is 4.49. The summed E-state index contributed by atoms with van der Waals surface area (Å²) in [6.07, 6.45) is 3.26. The molecule has 4 heteroatoms. The predicted octanol–water partition coefficient (Wildman–Crippen LogP) is 7.16. The van der Waals surface area contributed by atoms with E-state index in [-0.39, 0.29) is 6.04 Å². The molecule has 1 unspecified atom stereocenters. The zero-order valence-electron chi connectivity index (χ0n) is 21.8. The lowest BCUT2D eigenvalue weighted by atomic mass is 10.0. The highest BCUT2D eigenvalue weighted by atomic mass is 28.4. The molecule has 0 N–H and O–H groups in total. The van der Waals surface area contributed by atoms with Crippen molar-refractivity contribution in [3.8, 4) is 0 Å². The van der Waals surface area contributed by atoms with Gasteiger partial charge in [-0.2, -0.15) is 0 Å². The summed E-state index contributed by atoms with van der Waals surface area (Å²) in [6, 6.07) is 33.7. The molecule has 0 spiro atoms. The van der Waals surface area contributed by atoms with Crippen LogP contribution in [0.4, 0.5) is 0 Å². The Morgan fingerprint density at radius 1 is 0.771 bits per heavy atom. The first kappa shape index (κ1) is 27.1. The molecule has 1 atom stereocenters. The number of hydrogen-bond donors (Lipinski definition) is 0. The Labute approximate surface area is 214 Å². The van der Waals surface area contributed by atoms with Crippen molar-refractivity contribution in [3.05, 3.63) is 120 Å². The van der Waals surface area contributed by atoms with E-state index in [4.69, 9.17) is 4.43 Å². The van der Waals surface area contributed by atoms with E-state index in [1.165, 1.54) is 29.2 Å². The van der Waals surface area contributed by atoms with Crippen LogP contribution in [0.25, 0.3) is 0 Å². The summed E-state index contributed by atoms with van der Waals surface area (Å²) in [5.41, 5.74) is 3.99. The molecule has 0 saturated heterocycles. The first-order valence-corrected chi connectivity index (χ1v) is 15.9. The van der Waals surface area contributed by atoms with Crippen LogP contribution < -0.4 is 0 Å². The van der Waals surface area contributed by atoms with Gasteiger partial charge in [0.1, 0.15) is 0 Å². The van der Waals surface area contributed by atoms with Gasteiger partial charge in [-0.3, -0.25) is 9.80 Å². The maximum absolute atomic E-state index is 5.80. The Hall–Kier alpha value is -2.50.